The van der Waals surface area contributed by atoms with Gasteiger partial charge in [-0.25, -0.2) is 15.0 Å². The van der Waals surface area contributed by atoms with Gasteiger partial charge in [0.1, 0.15) is 11.2 Å². The number of furan rings is 1. The zero-order valence-electron chi connectivity index (χ0n) is 28.4. The number of allylic oxidation sites excluding steroid dienone is 4. The molecule has 0 bridgehead atoms. The molecule has 2 aliphatic carbocycles. The molecule has 6 aromatic carbocycles. The molecule has 2 aliphatic rings. The molecule has 0 amide bonds. The monoisotopic (exact) mass is 655 g/mol. The SMILES string of the molecule is CCC=CC1=C(C)C2(c3ccccc3-c3c2ccc2c3oc3ccccc32)c2cccc(-c3nc(-c4ccccc4)nc(-c4ccccc4)n3)c21. The fraction of sp³-hybridized carbons (Fsp3) is 0.0851. The Balaban J connectivity index is 1.29. The van der Waals surface area contributed by atoms with E-state index in [0.717, 1.165) is 50.6 Å². The van der Waals surface area contributed by atoms with Crippen LogP contribution in [0, 0.1) is 0 Å². The Morgan fingerprint density at radius 2 is 1.16 bits per heavy atom. The summed E-state index contributed by atoms with van der Waals surface area (Å²) in [5.74, 6) is 1.96. The fourth-order valence-corrected chi connectivity index (χ4v) is 8.54. The van der Waals surface area contributed by atoms with E-state index < -0.39 is 5.41 Å². The molecule has 4 heteroatoms. The van der Waals surface area contributed by atoms with Gasteiger partial charge in [-0.1, -0.05) is 153 Å². The lowest BCUT2D eigenvalue weighted by Gasteiger charge is -2.31. The third kappa shape index (κ3) is 4.17. The van der Waals surface area contributed by atoms with Crippen LogP contribution in [0.4, 0.5) is 0 Å². The molecular formula is C47H33N3O. The van der Waals surface area contributed by atoms with Crippen LogP contribution >= 0.6 is 0 Å². The van der Waals surface area contributed by atoms with Crippen molar-refractivity contribution in [1.82, 2.24) is 15.0 Å². The average molecular weight is 656 g/mol. The van der Waals surface area contributed by atoms with Crippen molar-refractivity contribution in [2.24, 2.45) is 0 Å². The maximum absolute atomic E-state index is 6.72. The number of hydrogen-bond acceptors (Lipinski definition) is 4. The first-order chi connectivity index (χ1) is 25.2. The zero-order chi connectivity index (χ0) is 34.1. The minimum atomic E-state index is -0.518. The Morgan fingerprint density at radius 3 is 1.90 bits per heavy atom. The van der Waals surface area contributed by atoms with Gasteiger partial charge in [0.05, 0.1) is 5.41 Å². The Hall–Kier alpha value is -6.39. The van der Waals surface area contributed by atoms with E-state index in [1.807, 2.05) is 42.5 Å². The Morgan fingerprint density at radius 1 is 0.549 bits per heavy atom. The van der Waals surface area contributed by atoms with Gasteiger partial charge < -0.3 is 4.42 Å². The molecule has 8 aromatic rings. The van der Waals surface area contributed by atoms with Gasteiger partial charge >= 0.3 is 0 Å². The number of benzene rings is 6. The van der Waals surface area contributed by atoms with Gasteiger partial charge in [0, 0.05) is 33.0 Å². The van der Waals surface area contributed by atoms with Crippen molar-refractivity contribution in [2.45, 2.75) is 25.7 Å². The van der Waals surface area contributed by atoms with Gasteiger partial charge in [-0.05, 0) is 58.4 Å². The van der Waals surface area contributed by atoms with Crippen LogP contribution in [0.2, 0.25) is 0 Å². The average Bonchev–Trinajstić information content (AvgIpc) is 3.81. The Kier molecular flexibility index (Phi) is 6.56. The van der Waals surface area contributed by atoms with Crippen LogP contribution in [0.15, 0.2) is 162 Å². The van der Waals surface area contributed by atoms with E-state index in [0.29, 0.717) is 17.5 Å². The van der Waals surface area contributed by atoms with Gasteiger partial charge in [0.2, 0.25) is 0 Å². The standard InChI is InChI=1S/C47H33N3O/c1-3-4-20-32-29(2)47(37-24-13-11-22-35(37)42-39(47)28-27-34-33-21-12-14-26-40(33)51-43(34)42)38-25-15-23-36(41(32)38)46-49-44(30-16-7-5-8-17-30)48-45(50-46)31-18-9-6-10-19-31/h4-28H,3H2,1-2H3. The third-order valence-corrected chi connectivity index (χ3v) is 10.7. The first-order valence-corrected chi connectivity index (χ1v) is 17.6. The predicted octanol–water partition coefficient (Wildman–Crippen LogP) is 11.8. The summed E-state index contributed by atoms with van der Waals surface area (Å²) in [6.07, 6.45) is 5.50. The van der Waals surface area contributed by atoms with E-state index in [9.17, 15) is 0 Å². The molecule has 2 aromatic heterocycles. The lowest BCUT2D eigenvalue weighted by atomic mass is 9.70. The van der Waals surface area contributed by atoms with Gasteiger partial charge in [-0.2, -0.15) is 0 Å². The summed E-state index contributed by atoms with van der Waals surface area (Å²) >= 11 is 0. The minimum absolute atomic E-state index is 0.518. The van der Waals surface area contributed by atoms with Gasteiger partial charge in [0.15, 0.2) is 17.5 Å². The van der Waals surface area contributed by atoms with E-state index in [2.05, 4.69) is 123 Å². The van der Waals surface area contributed by atoms with Crippen LogP contribution in [0.1, 0.15) is 42.5 Å². The number of hydrogen-bond donors (Lipinski definition) is 0. The summed E-state index contributed by atoms with van der Waals surface area (Å²) < 4.78 is 6.72. The zero-order valence-corrected chi connectivity index (χ0v) is 28.4. The van der Waals surface area contributed by atoms with Crippen LogP contribution in [-0.4, -0.2) is 15.0 Å². The Bertz CT molecular complexity index is 2680. The van der Waals surface area contributed by atoms with Crippen LogP contribution < -0.4 is 0 Å². The number of aromatic nitrogens is 3. The summed E-state index contributed by atoms with van der Waals surface area (Å²) in [4.78, 5) is 15.4. The minimum Gasteiger partial charge on any atom is -0.455 e. The highest BCUT2D eigenvalue weighted by atomic mass is 16.3. The van der Waals surface area contributed by atoms with Crippen LogP contribution in [-0.2, 0) is 5.41 Å². The van der Waals surface area contributed by atoms with E-state index >= 15 is 0 Å². The van der Waals surface area contributed by atoms with E-state index in [1.54, 1.807) is 0 Å². The van der Waals surface area contributed by atoms with Crippen molar-refractivity contribution in [2.75, 3.05) is 0 Å². The van der Waals surface area contributed by atoms with Gasteiger partial charge in [0.25, 0.3) is 0 Å². The second kappa shape index (κ2) is 11.3. The molecule has 0 radical (unpaired) electrons. The maximum atomic E-state index is 6.72. The molecule has 1 spiro atoms. The molecular weight excluding hydrogens is 623 g/mol. The van der Waals surface area contributed by atoms with Crippen molar-refractivity contribution in [3.8, 4) is 45.3 Å². The molecule has 1 unspecified atom stereocenters. The molecule has 242 valence electrons. The maximum Gasteiger partial charge on any atom is 0.164 e. The Labute approximate surface area is 296 Å². The van der Waals surface area contributed by atoms with Crippen molar-refractivity contribution in [3.05, 3.63) is 180 Å². The van der Waals surface area contributed by atoms with Crippen molar-refractivity contribution in [3.63, 3.8) is 0 Å². The molecule has 0 saturated carbocycles. The molecule has 1 atom stereocenters. The molecule has 0 aliphatic heterocycles. The molecule has 10 rings (SSSR count). The lowest BCUT2D eigenvalue weighted by molar-refractivity contribution is 0.669. The summed E-state index contributed by atoms with van der Waals surface area (Å²) in [5, 5.41) is 2.28. The third-order valence-electron chi connectivity index (χ3n) is 10.7. The number of para-hydroxylation sites is 1. The highest BCUT2D eigenvalue weighted by molar-refractivity contribution is 6.13. The van der Waals surface area contributed by atoms with Gasteiger partial charge in [-0.3, -0.25) is 0 Å². The molecule has 0 fully saturated rings. The molecule has 2 heterocycles. The smallest absolute Gasteiger partial charge is 0.164 e. The van der Waals surface area contributed by atoms with E-state index in [4.69, 9.17) is 19.4 Å². The molecule has 0 saturated heterocycles. The first kappa shape index (κ1) is 29.5. The number of nitrogens with zero attached hydrogens (tertiary/aromatic N) is 3. The van der Waals surface area contributed by atoms with Crippen LogP contribution in [0.3, 0.4) is 0 Å². The quantitative estimate of drug-likeness (QED) is 0.185. The second-order valence-electron chi connectivity index (χ2n) is 13.4. The van der Waals surface area contributed by atoms with E-state index in [1.165, 1.54) is 39.0 Å². The highest BCUT2D eigenvalue weighted by Gasteiger charge is 2.52. The molecule has 0 N–H and O–H groups in total. The topological polar surface area (TPSA) is 51.8 Å². The van der Waals surface area contributed by atoms with Crippen LogP contribution in [0.25, 0.3) is 72.8 Å². The summed E-state index contributed by atoms with van der Waals surface area (Å²) in [5.41, 5.74) is 14.0. The fourth-order valence-electron chi connectivity index (χ4n) is 8.54. The van der Waals surface area contributed by atoms with Crippen molar-refractivity contribution >= 4 is 27.5 Å². The normalized spacial score (nSPS) is 16.0. The number of fused-ring (bicyclic) bond motifs is 11. The van der Waals surface area contributed by atoms with Crippen molar-refractivity contribution < 1.29 is 4.42 Å². The number of rotatable bonds is 5. The molecule has 4 nitrogen and oxygen atoms in total. The summed E-state index contributed by atoms with van der Waals surface area (Å²) in [6.45, 7) is 4.50. The van der Waals surface area contributed by atoms with Crippen molar-refractivity contribution in [1.29, 1.82) is 0 Å². The lowest BCUT2D eigenvalue weighted by Crippen LogP contribution is -2.26. The van der Waals surface area contributed by atoms with Gasteiger partial charge in [-0.15, -0.1) is 0 Å². The summed E-state index contributed by atoms with van der Waals surface area (Å²) in [7, 11) is 0. The predicted molar refractivity (Wildman–Crippen MR) is 207 cm³/mol. The van der Waals surface area contributed by atoms with E-state index in [-0.39, 0.29) is 0 Å². The summed E-state index contributed by atoms with van der Waals surface area (Å²) in [6, 6.07) is 48.9. The first-order valence-electron chi connectivity index (χ1n) is 17.6. The molecule has 51 heavy (non-hydrogen) atoms. The van der Waals surface area contributed by atoms with Crippen LogP contribution in [0.5, 0.6) is 0 Å². The second-order valence-corrected chi connectivity index (χ2v) is 13.4. The highest BCUT2D eigenvalue weighted by Crippen LogP contribution is 2.64. The largest absolute Gasteiger partial charge is 0.455 e.